The molecule has 0 bridgehead atoms. The van der Waals surface area contributed by atoms with Crippen LogP contribution in [0.2, 0.25) is 0 Å². The van der Waals surface area contributed by atoms with Gasteiger partial charge in [0.15, 0.2) is 17.5 Å². The average molecular weight is 690 g/mol. The minimum absolute atomic E-state index is 0.619. The molecule has 0 saturated carbocycles. The van der Waals surface area contributed by atoms with E-state index in [1.54, 1.807) is 0 Å². The number of benzene rings is 8. The van der Waals surface area contributed by atoms with Crippen LogP contribution in [-0.4, -0.2) is 15.0 Å². The molecule has 9 rings (SSSR count). The van der Waals surface area contributed by atoms with Crippen LogP contribution < -0.4 is 0 Å². The zero-order valence-corrected chi connectivity index (χ0v) is 29.5. The minimum Gasteiger partial charge on any atom is -0.208 e. The highest BCUT2D eigenvalue weighted by Crippen LogP contribution is 2.37. The first kappa shape index (κ1) is 32.7. The van der Waals surface area contributed by atoms with Gasteiger partial charge in [0, 0.05) is 16.7 Å². The number of nitrogens with zero attached hydrogens (tertiary/aromatic N) is 3. The molecule has 0 N–H and O–H groups in total. The average Bonchev–Trinajstić information content (AvgIpc) is 3.27. The number of aromatic nitrogens is 3. The van der Waals surface area contributed by atoms with Gasteiger partial charge in [0.1, 0.15) is 0 Å². The summed E-state index contributed by atoms with van der Waals surface area (Å²) >= 11 is 0. The van der Waals surface area contributed by atoms with E-state index in [-0.39, 0.29) is 0 Å². The van der Waals surface area contributed by atoms with Crippen molar-refractivity contribution in [2.75, 3.05) is 0 Å². The van der Waals surface area contributed by atoms with E-state index < -0.39 is 0 Å². The molecule has 0 fully saturated rings. The van der Waals surface area contributed by atoms with Crippen molar-refractivity contribution in [1.82, 2.24) is 15.0 Å². The van der Waals surface area contributed by atoms with Gasteiger partial charge in [0.25, 0.3) is 0 Å². The van der Waals surface area contributed by atoms with Gasteiger partial charge < -0.3 is 0 Å². The molecule has 0 aliphatic heterocycles. The van der Waals surface area contributed by atoms with E-state index in [9.17, 15) is 0 Å². The molecule has 0 unspecified atom stereocenters. The van der Waals surface area contributed by atoms with Crippen molar-refractivity contribution in [3.05, 3.63) is 212 Å². The van der Waals surface area contributed by atoms with E-state index in [0.717, 1.165) is 55.6 Å². The van der Waals surface area contributed by atoms with E-state index in [0.29, 0.717) is 17.5 Å². The molecule has 0 amide bonds. The zero-order chi connectivity index (χ0) is 36.1. The van der Waals surface area contributed by atoms with Crippen molar-refractivity contribution in [2.24, 2.45) is 0 Å². The maximum atomic E-state index is 5.20. The van der Waals surface area contributed by atoms with Crippen molar-refractivity contribution in [3.8, 4) is 89.8 Å². The molecule has 9 aromatic rings. The molecule has 0 aliphatic rings. The first-order valence-electron chi connectivity index (χ1n) is 18.2. The third-order valence-electron chi connectivity index (χ3n) is 9.76. The predicted molar refractivity (Wildman–Crippen MR) is 223 cm³/mol. The van der Waals surface area contributed by atoms with Crippen LogP contribution in [0.15, 0.2) is 212 Å². The molecule has 1 aromatic heterocycles. The summed E-state index contributed by atoms with van der Waals surface area (Å²) in [7, 11) is 0. The highest BCUT2D eigenvalue weighted by atomic mass is 15.0. The van der Waals surface area contributed by atoms with Gasteiger partial charge in [-0.1, -0.05) is 194 Å². The smallest absolute Gasteiger partial charge is 0.164 e. The van der Waals surface area contributed by atoms with Crippen molar-refractivity contribution in [2.45, 2.75) is 0 Å². The Bertz CT molecular complexity index is 2700. The molecule has 54 heavy (non-hydrogen) atoms. The summed E-state index contributed by atoms with van der Waals surface area (Å²) in [5, 5.41) is 0. The largest absolute Gasteiger partial charge is 0.208 e. The SMILES string of the molecule is c1ccc(-c2cccc(-c3nc(-c4cccc(-c5ccccc5-c5cccc(-c6ccccc6)c5)c4)nc(-c4ccccc4-c4ccccc4)n3)c2)cc1. The van der Waals surface area contributed by atoms with Gasteiger partial charge in [0.2, 0.25) is 0 Å². The fourth-order valence-corrected chi connectivity index (χ4v) is 7.08. The lowest BCUT2D eigenvalue weighted by molar-refractivity contribution is 1.07. The third-order valence-corrected chi connectivity index (χ3v) is 9.76. The van der Waals surface area contributed by atoms with Gasteiger partial charge in [-0.2, -0.15) is 0 Å². The standard InChI is InChI=1S/C51H35N3/c1-4-17-36(18-5-1)39-23-14-25-41(33-39)46-30-10-11-31-47(46)42-26-16-28-44(35-42)50-52-49(43-27-15-24-40(34-43)37-19-6-2-7-20-37)53-51(54-50)48-32-13-12-29-45(48)38-21-8-3-9-22-38/h1-35H. The second-order valence-electron chi connectivity index (χ2n) is 13.2. The van der Waals surface area contributed by atoms with Crippen LogP contribution in [-0.2, 0) is 0 Å². The molecule has 3 nitrogen and oxygen atoms in total. The summed E-state index contributed by atoms with van der Waals surface area (Å²) in [6.45, 7) is 0. The summed E-state index contributed by atoms with van der Waals surface area (Å²) < 4.78 is 0. The molecular formula is C51H35N3. The second kappa shape index (κ2) is 14.8. The van der Waals surface area contributed by atoms with Gasteiger partial charge in [-0.05, 0) is 73.8 Å². The van der Waals surface area contributed by atoms with Crippen molar-refractivity contribution >= 4 is 0 Å². The van der Waals surface area contributed by atoms with E-state index >= 15 is 0 Å². The normalized spacial score (nSPS) is 11.0. The van der Waals surface area contributed by atoms with Crippen LogP contribution in [0.25, 0.3) is 89.8 Å². The first-order valence-corrected chi connectivity index (χ1v) is 18.2. The molecule has 0 radical (unpaired) electrons. The lowest BCUT2D eigenvalue weighted by atomic mass is 9.92. The van der Waals surface area contributed by atoms with Crippen LogP contribution in [0.1, 0.15) is 0 Å². The molecule has 8 aromatic carbocycles. The lowest BCUT2D eigenvalue weighted by Gasteiger charge is -2.14. The van der Waals surface area contributed by atoms with Crippen molar-refractivity contribution < 1.29 is 0 Å². The van der Waals surface area contributed by atoms with Gasteiger partial charge in [0.05, 0.1) is 0 Å². The Labute approximate surface area is 316 Å². The summed E-state index contributed by atoms with van der Waals surface area (Å²) in [6, 6.07) is 74.1. The highest BCUT2D eigenvalue weighted by molar-refractivity contribution is 5.87. The van der Waals surface area contributed by atoms with Gasteiger partial charge in [-0.3, -0.25) is 0 Å². The number of rotatable bonds is 8. The van der Waals surface area contributed by atoms with Crippen LogP contribution in [0.4, 0.5) is 0 Å². The summed E-state index contributed by atoms with van der Waals surface area (Å²) in [6.07, 6.45) is 0. The van der Waals surface area contributed by atoms with Gasteiger partial charge in [-0.15, -0.1) is 0 Å². The molecule has 0 spiro atoms. The predicted octanol–water partition coefficient (Wildman–Crippen LogP) is 13.2. The summed E-state index contributed by atoms with van der Waals surface area (Å²) in [5.74, 6) is 1.87. The molecular weight excluding hydrogens is 655 g/mol. The van der Waals surface area contributed by atoms with Crippen molar-refractivity contribution in [3.63, 3.8) is 0 Å². The zero-order valence-electron chi connectivity index (χ0n) is 29.5. The fraction of sp³-hybridized carbons (Fsp3) is 0. The van der Waals surface area contributed by atoms with Crippen molar-refractivity contribution in [1.29, 1.82) is 0 Å². The molecule has 254 valence electrons. The van der Waals surface area contributed by atoms with Gasteiger partial charge in [-0.25, -0.2) is 15.0 Å². The van der Waals surface area contributed by atoms with Crippen LogP contribution in [0, 0.1) is 0 Å². The van der Waals surface area contributed by atoms with E-state index in [2.05, 4.69) is 194 Å². The summed E-state index contributed by atoms with van der Waals surface area (Å²) in [4.78, 5) is 15.5. The monoisotopic (exact) mass is 689 g/mol. The molecule has 3 heteroatoms. The Balaban J connectivity index is 1.18. The Morgan fingerprint density at radius 3 is 0.963 bits per heavy atom. The second-order valence-corrected chi connectivity index (χ2v) is 13.2. The molecule has 0 atom stereocenters. The molecule has 1 heterocycles. The Hall–Kier alpha value is -7.23. The summed E-state index contributed by atoms with van der Waals surface area (Å²) in [5.41, 5.74) is 14.2. The van der Waals surface area contributed by atoms with Crippen LogP contribution in [0.3, 0.4) is 0 Å². The maximum Gasteiger partial charge on any atom is 0.164 e. The fourth-order valence-electron chi connectivity index (χ4n) is 7.08. The topological polar surface area (TPSA) is 38.7 Å². The van der Waals surface area contributed by atoms with E-state index in [4.69, 9.17) is 15.0 Å². The van der Waals surface area contributed by atoms with E-state index in [1.807, 2.05) is 18.2 Å². The minimum atomic E-state index is 0.619. The lowest BCUT2D eigenvalue weighted by Crippen LogP contribution is -2.01. The van der Waals surface area contributed by atoms with Gasteiger partial charge >= 0.3 is 0 Å². The Kier molecular flexibility index (Phi) is 8.94. The third kappa shape index (κ3) is 6.74. The number of hydrogen-bond acceptors (Lipinski definition) is 3. The maximum absolute atomic E-state index is 5.20. The first-order chi connectivity index (χ1) is 26.8. The van der Waals surface area contributed by atoms with Crippen LogP contribution in [0.5, 0.6) is 0 Å². The van der Waals surface area contributed by atoms with Crippen LogP contribution >= 0.6 is 0 Å². The molecule has 0 saturated heterocycles. The number of hydrogen-bond donors (Lipinski definition) is 0. The van der Waals surface area contributed by atoms with E-state index in [1.165, 1.54) is 16.7 Å². The quantitative estimate of drug-likeness (QED) is 0.159. The highest BCUT2D eigenvalue weighted by Gasteiger charge is 2.17. The Morgan fingerprint density at radius 2 is 0.481 bits per heavy atom. The molecule has 0 aliphatic carbocycles. The Morgan fingerprint density at radius 1 is 0.185 bits per heavy atom.